The Morgan fingerprint density at radius 1 is 1.19 bits per heavy atom. The van der Waals surface area contributed by atoms with Gasteiger partial charge in [-0.1, -0.05) is 12.1 Å². The molecule has 2 aromatic rings. The molecule has 0 radical (unpaired) electrons. The van der Waals surface area contributed by atoms with Crippen molar-refractivity contribution < 1.29 is 14.5 Å². The molecule has 0 spiro atoms. The van der Waals surface area contributed by atoms with E-state index in [1.54, 1.807) is 30.3 Å². The number of anilines is 2. The first kappa shape index (κ1) is 18.7. The quantitative estimate of drug-likeness (QED) is 0.608. The maximum absolute atomic E-state index is 12.6. The van der Waals surface area contributed by atoms with Gasteiger partial charge < -0.3 is 15.0 Å². The van der Waals surface area contributed by atoms with Gasteiger partial charge in [-0.3, -0.25) is 14.9 Å². The molecule has 1 saturated heterocycles. The summed E-state index contributed by atoms with van der Waals surface area (Å²) >= 11 is 0. The molecule has 1 aliphatic rings. The maximum Gasteiger partial charge on any atom is 0.293 e. The molecule has 1 amide bonds. The SMILES string of the molecule is CCOc1ccccc1NC(=O)c1ccc(N2CCCCC2)c([N+](=O)[O-])c1. The molecule has 0 aromatic heterocycles. The predicted octanol–water partition coefficient (Wildman–Crippen LogP) is 4.24. The first-order chi connectivity index (χ1) is 13.1. The Kier molecular flexibility index (Phi) is 5.90. The molecular formula is C20H23N3O4. The lowest BCUT2D eigenvalue weighted by molar-refractivity contribution is -0.384. The van der Waals surface area contributed by atoms with E-state index in [9.17, 15) is 14.9 Å². The summed E-state index contributed by atoms with van der Waals surface area (Å²) in [5.74, 6) is 0.156. The zero-order valence-electron chi connectivity index (χ0n) is 15.3. The van der Waals surface area contributed by atoms with Gasteiger partial charge in [-0.2, -0.15) is 0 Å². The van der Waals surface area contributed by atoms with Crippen LogP contribution in [0.4, 0.5) is 17.1 Å². The van der Waals surface area contributed by atoms with Crippen molar-refractivity contribution >= 4 is 23.0 Å². The van der Waals surface area contributed by atoms with Gasteiger partial charge in [0, 0.05) is 24.7 Å². The molecule has 1 N–H and O–H groups in total. The third-order valence-electron chi connectivity index (χ3n) is 4.57. The highest BCUT2D eigenvalue weighted by atomic mass is 16.6. The smallest absolute Gasteiger partial charge is 0.293 e. The van der Waals surface area contributed by atoms with E-state index in [1.165, 1.54) is 6.07 Å². The van der Waals surface area contributed by atoms with Crippen LogP contribution in [0.1, 0.15) is 36.5 Å². The summed E-state index contributed by atoms with van der Waals surface area (Å²) in [6.07, 6.45) is 3.19. The molecular weight excluding hydrogens is 346 g/mol. The minimum Gasteiger partial charge on any atom is -0.492 e. The second-order valence-electron chi connectivity index (χ2n) is 6.39. The number of hydrogen-bond acceptors (Lipinski definition) is 5. The minimum atomic E-state index is -0.422. The van der Waals surface area contributed by atoms with Gasteiger partial charge in [0.15, 0.2) is 0 Å². The number of nitrogens with zero attached hydrogens (tertiary/aromatic N) is 2. The number of para-hydroxylation sites is 2. The number of carbonyl (C=O) groups excluding carboxylic acids is 1. The van der Waals surface area contributed by atoms with Crippen molar-refractivity contribution in [2.45, 2.75) is 26.2 Å². The molecule has 2 aromatic carbocycles. The molecule has 1 aliphatic heterocycles. The average Bonchev–Trinajstić information content (AvgIpc) is 2.70. The largest absolute Gasteiger partial charge is 0.492 e. The highest BCUT2D eigenvalue weighted by molar-refractivity contribution is 6.05. The molecule has 0 bridgehead atoms. The van der Waals surface area contributed by atoms with Crippen molar-refractivity contribution in [1.29, 1.82) is 0 Å². The van der Waals surface area contributed by atoms with Crippen molar-refractivity contribution in [3.05, 3.63) is 58.1 Å². The molecule has 0 unspecified atom stereocenters. The first-order valence-corrected chi connectivity index (χ1v) is 9.16. The zero-order valence-corrected chi connectivity index (χ0v) is 15.3. The summed E-state index contributed by atoms with van der Waals surface area (Å²) in [5, 5.41) is 14.3. The summed E-state index contributed by atoms with van der Waals surface area (Å²) < 4.78 is 5.50. The molecule has 0 atom stereocenters. The van der Waals surface area contributed by atoms with Crippen LogP contribution in [0, 0.1) is 10.1 Å². The van der Waals surface area contributed by atoms with Crippen LogP contribution in [0.25, 0.3) is 0 Å². The molecule has 3 rings (SSSR count). The number of amides is 1. The number of nitro benzene ring substituents is 1. The van der Waals surface area contributed by atoms with Crippen LogP contribution in [0.5, 0.6) is 5.75 Å². The lowest BCUT2D eigenvalue weighted by Gasteiger charge is -2.28. The lowest BCUT2D eigenvalue weighted by Crippen LogP contribution is -2.30. The standard InChI is InChI=1S/C20H23N3O4/c1-2-27-19-9-5-4-8-16(19)21-20(24)15-10-11-17(18(14-15)23(25)26)22-12-6-3-7-13-22/h4-5,8-11,14H,2-3,6-7,12-13H2,1H3,(H,21,24). The molecule has 1 fully saturated rings. The minimum absolute atomic E-state index is 0.0392. The maximum atomic E-state index is 12.6. The van der Waals surface area contributed by atoms with Crippen LogP contribution in [-0.4, -0.2) is 30.5 Å². The normalized spacial score (nSPS) is 13.9. The number of rotatable bonds is 6. The Balaban J connectivity index is 1.85. The number of nitrogens with one attached hydrogen (secondary N) is 1. The van der Waals surface area contributed by atoms with E-state index >= 15 is 0 Å². The number of nitro groups is 1. The number of carbonyl (C=O) groups is 1. The van der Waals surface area contributed by atoms with Gasteiger partial charge in [0.2, 0.25) is 0 Å². The molecule has 142 valence electrons. The third kappa shape index (κ3) is 4.36. The second kappa shape index (κ2) is 8.53. The highest BCUT2D eigenvalue weighted by Gasteiger charge is 2.23. The van der Waals surface area contributed by atoms with E-state index in [0.717, 1.165) is 32.4 Å². The third-order valence-corrected chi connectivity index (χ3v) is 4.57. The van der Waals surface area contributed by atoms with Crippen LogP contribution in [0.3, 0.4) is 0 Å². The molecule has 7 nitrogen and oxygen atoms in total. The summed E-state index contributed by atoms with van der Waals surface area (Å²) in [5.41, 5.74) is 1.31. The van der Waals surface area contributed by atoms with E-state index < -0.39 is 10.8 Å². The Labute approximate surface area is 158 Å². The van der Waals surface area contributed by atoms with E-state index in [1.807, 2.05) is 17.9 Å². The summed E-state index contributed by atoms with van der Waals surface area (Å²) in [6.45, 7) is 3.94. The lowest BCUT2D eigenvalue weighted by atomic mass is 10.1. The van der Waals surface area contributed by atoms with E-state index in [0.29, 0.717) is 23.7 Å². The van der Waals surface area contributed by atoms with Crippen molar-refractivity contribution in [3.63, 3.8) is 0 Å². The average molecular weight is 369 g/mol. The molecule has 0 saturated carbocycles. The van der Waals surface area contributed by atoms with Crippen LogP contribution >= 0.6 is 0 Å². The van der Waals surface area contributed by atoms with Crippen LogP contribution in [0.15, 0.2) is 42.5 Å². The van der Waals surface area contributed by atoms with Crippen LogP contribution in [-0.2, 0) is 0 Å². The van der Waals surface area contributed by atoms with Gasteiger partial charge in [0.1, 0.15) is 11.4 Å². The van der Waals surface area contributed by atoms with Crippen molar-refractivity contribution in [2.75, 3.05) is 29.9 Å². The van der Waals surface area contributed by atoms with Gasteiger partial charge in [-0.05, 0) is 50.5 Å². The van der Waals surface area contributed by atoms with E-state index in [4.69, 9.17) is 4.74 Å². The topological polar surface area (TPSA) is 84.7 Å². The summed E-state index contributed by atoms with van der Waals surface area (Å²) in [7, 11) is 0. The highest BCUT2D eigenvalue weighted by Crippen LogP contribution is 2.32. The fraction of sp³-hybridized carbons (Fsp3) is 0.350. The number of ether oxygens (including phenoxy) is 1. The van der Waals surface area contributed by atoms with Crippen LogP contribution < -0.4 is 15.0 Å². The van der Waals surface area contributed by atoms with Crippen LogP contribution in [0.2, 0.25) is 0 Å². The van der Waals surface area contributed by atoms with Gasteiger partial charge in [0.05, 0.1) is 17.2 Å². The van der Waals surface area contributed by atoms with Gasteiger partial charge in [0.25, 0.3) is 11.6 Å². The second-order valence-corrected chi connectivity index (χ2v) is 6.39. The molecule has 7 heteroatoms. The van der Waals surface area contributed by atoms with Crippen molar-refractivity contribution in [1.82, 2.24) is 0 Å². The van der Waals surface area contributed by atoms with Gasteiger partial charge in [-0.15, -0.1) is 0 Å². The Bertz CT molecular complexity index is 832. The van der Waals surface area contributed by atoms with Gasteiger partial charge >= 0.3 is 0 Å². The first-order valence-electron chi connectivity index (χ1n) is 9.16. The zero-order chi connectivity index (χ0) is 19.2. The summed E-state index contributed by atoms with van der Waals surface area (Å²) in [6, 6.07) is 11.8. The Morgan fingerprint density at radius 2 is 1.93 bits per heavy atom. The summed E-state index contributed by atoms with van der Waals surface area (Å²) in [4.78, 5) is 25.8. The number of benzene rings is 2. The Morgan fingerprint density at radius 3 is 2.63 bits per heavy atom. The Hall–Kier alpha value is -3.09. The fourth-order valence-corrected chi connectivity index (χ4v) is 3.26. The van der Waals surface area contributed by atoms with Crippen molar-refractivity contribution in [2.24, 2.45) is 0 Å². The van der Waals surface area contributed by atoms with E-state index in [-0.39, 0.29) is 11.3 Å². The van der Waals surface area contributed by atoms with E-state index in [2.05, 4.69) is 5.32 Å². The number of hydrogen-bond donors (Lipinski definition) is 1. The van der Waals surface area contributed by atoms with Crippen molar-refractivity contribution in [3.8, 4) is 5.75 Å². The predicted molar refractivity (Wildman–Crippen MR) is 105 cm³/mol. The molecule has 1 heterocycles. The van der Waals surface area contributed by atoms with Gasteiger partial charge in [-0.25, -0.2) is 0 Å². The fourth-order valence-electron chi connectivity index (χ4n) is 3.26. The molecule has 27 heavy (non-hydrogen) atoms. The number of piperidine rings is 1. The molecule has 0 aliphatic carbocycles. The monoisotopic (exact) mass is 369 g/mol.